The van der Waals surface area contributed by atoms with E-state index in [2.05, 4.69) is 19.6 Å². The lowest BCUT2D eigenvalue weighted by molar-refractivity contribution is -0.138. The third-order valence-corrected chi connectivity index (χ3v) is 5.42. The van der Waals surface area contributed by atoms with Crippen LogP contribution in [0.4, 0.5) is 0 Å². The summed E-state index contributed by atoms with van der Waals surface area (Å²) in [4.78, 5) is 10.8. The van der Waals surface area contributed by atoms with Gasteiger partial charge in [-0.15, -0.1) is 0 Å². The molecule has 0 bridgehead atoms. The van der Waals surface area contributed by atoms with Gasteiger partial charge in [0.1, 0.15) is 6.04 Å². The second kappa shape index (κ2) is 5.48. The Bertz CT molecular complexity index is 192. The van der Waals surface area contributed by atoms with E-state index >= 15 is 0 Å². The van der Waals surface area contributed by atoms with Crippen molar-refractivity contribution in [2.45, 2.75) is 44.1 Å². The molecule has 0 rings (SSSR count). The van der Waals surface area contributed by atoms with Crippen LogP contribution in [0.3, 0.4) is 0 Å². The van der Waals surface area contributed by atoms with Crippen molar-refractivity contribution in [3.63, 3.8) is 0 Å². The molecule has 5 heteroatoms. The van der Waals surface area contributed by atoms with E-state index in [-0.39, 0.29) is 5.54 Å². The summed E-state index contributed by atoms with van der Waals surface area (Å²) >= 11 is 0. The lowest BCUT2D eigenvalue weighted by atomic mass is 10.1. The van der Waals surface area contributed by atoms with Gasteiger partial charge in [0.05, 0.1) is 0 Å². The van der Waals surface area contributed by atoms with Crippen molar-refractivity contribution in [3.8, 4) is 0 Å². The van der Waals surface area contributed by atoms with Crippen molar-refractivity contribution < 1.29 is 9.90 Å². The fourth-order valence-corrected chi connectivity index (χ4v) is 3.95. The zero-order valence-electron chi connectivity index (χ0n) is 9.29. The first-order valence-electron chi connectivity index (χ1n) is 4.99. The Morgan fingerprint density at radius 1 is 1.43 bits per heavy atom. The number of carbonyl (C=O) groups is 1. The molecule has 4 nitrogen and oxygen atoms in total. The number of hydrogen-bond donors (Lipinski definition) is 3. The van der Waals surface area contributed by atoms with Crippen LogP contribution in [-0.4, -0.2) is 31.7 Å². The van der Waals surface area contributed by atoms with E-state index in [1.54, 1.807) is 0 Å². The molecule has 0 aromatic rings. The number of nitrogens with two attached hydrogens (primary N) is 2. The molecule has 0 aromatic carbocycles. The van der Waals surface area contributed by atoms with Gasteiger partial charge in [0.25, 0.3) is 0 Å². The average molecular weight is 218 g/mol. The molecular weight excluding hydrogens is 196 g/mol. The average Bonchev–Trinajstić information content (AvgIpc) is 2.02. The molecule has 5 N–H and O–H groups in total. The summed E-state index contributed by atoms with van der Waals surface area (Å²) in [6.07, 6.45) is 1.69. The van der Waals surface area contributed by atoms with Crippen LogP contribution in [0, 0.1) is 0 Å². The minimum Gasteiger partial charge on any atom is -0.480 e. The van der Waals surface area contributed by atoms with Gasteiger partial charge in [0.15, 0.2) is 0 Å². The maximum Gasteiger partial charge on any atom is 0.320 e. The summed E-state index contributed by atoms with van der Waals surface area (Å²) < 4.78 is 0. The van der Waals surface area contributed by atoms with Crippen LogP contribution in [0.2, 0.25) is 25.2 Å². The van der Waals surface area contributed by atoms with E-state index in [0.29, 0.717) is 6.54 Å². The Labute approximate surface area is 86.7 Å². The van der Waals surface area contributed by atoms with Crippen LogP contribution < -0.4 is 11.5 Å². The number of aliphatic carboxylic acids is 1. The Morgan fingerprint density at radius 3 is 2.21 bits per heavy atom. The van der Waals surface area contributed by atoms with Crippen molar-refractivity contribution in [2.24, 2.45) is 11.5 Å². The Morgan fingerprint density at radius 2 is 1.93 bits per heavy atom. The lowest BCUT2D eigenvalue weighted by Crippen LogP contribution is -2.45. The molecule has 0 heterocycles. The molecule has 0 saturated carbocycles. The molecular formula is C9H22N2O2Si. The molecule has 0 radical (unpaired) electrons. The van der Waals surface area contributed by atoms with Crippen LogP contribution in [-0.2, 0) is 4.79 Å². The number of hydrogen-bond acceptors (Lipinski definition) is 3. The molecule has 0 spiro atoms. The Kier molecular flexibility index (Phi) is 5.32. The Balaban J connectivity index is 4.47. The lowest BCUT2D eigenvalue weighted by Gasteiger charge is -2.31. The van der Waals surface area contributed by atoms with Crippen LogP contribution in [0.25, 0.3) is 0 Å². The maximum absolute atomic E-state index is 10.8. The summed E-state index contributed by atoms with van der Waals surface area (Å²) in [5.41, 5.74) is 11.2. The van der Waals surface area contributed by atoms with Crippen molar-refractivity contribution in [3.05, 3.63) is 0 Å². The summed E-state index contributed by atoms with van der Waals surface area (Å²) in [7, 11) is -1.51. The minimum absolute atomic E-state index is 0.114. The van der Waals surface area contributed by atoms with E-state index in [0.717, 1.165) is 12.8 Å². The third-order valence-electron chi connectivity index (χ3n) is 2.55. The maximum atomic E-state index is 10.8. The number of carboxylic acid groups (broad SMARTS) is 1. The predicted molar refractivity (Wildman–Crippen MR) is 61.0 cm³/mol. The second-order valence-electron chi connectivity index (χ2n) is 4.77. The van der Waals surface area contributed by atoms with Crippen molar-refractivity contribution in [2.75, 3.05) is 6.54 Å². The van der Waals surface area contributed by atoms with Crippen molar-refractivity contribution in [1.82, 2.24) is 0 Å². The topological polar surface area (TPSA) is 89.3 Å². The third kappa shape index (κ3) is 4.21. The quantitative estimate of drug-likeness (QED) is 0.576. The van der Waals surface area contributed by atoms with E-state index in [4.69, 9.17) is 16.6 Å². The van der Waals surface area contributed by atoms with E-state index in [1.165, 1.54) is 0 Å². The van der Waals surface area contributed by atoms with Gasteiger partial charge in [-0.05, 0) is 24.9 Å². The first kappa shape index (κ1) is 13.6. The molecule has 0 aliphatic rings. The number of carboxylic acids is 1. The molecule has 14 heavy (non-hydrogen) atoms. The molecule has 0 aliphatic carbocycles. The molecule has 2 atom stereocenters. The van der Waals surface area contributed by atoms with Gasteiger partial charge in [-0.25, -0.2) is 0 Å². The van der Waals surface area contributed by atoms with Gasteiger partial charge in [0.2, 0.25) is 0 Å². The molecule has 0 fully saturated rings. The van der Waals surface area contributed by atoms with Crippen molar-refractivity contribution in [1.29, 1.82) is 0 Å². The molecule has 1 unspecified atom stereocenters. The molecule has 0 saturated heterocycles. The summed E-state index contributed by atoms with van der Waals surface area (Å²) in [6, 6.07) is -0.729. The zero-order chi connectivity index (χ0) is 11.4. The van der Waals surface area contributed by atoms with Gasteiger partial charge < -0.3 is 16.6 Å². The monoisotopic (exact) mass is 218 g/mol. The largest absolute Gasteiger partial charge is 0.480 e. The fourth-order valence-electron chi connectivity index (χ4n) is 1.66. The second-order valence-corrected chi connectivity index (χ2v) is 10.2. The highest BCUT2D eigenvalue weighted by molar-refractivity contribution is 6.78. The normalized spacial score (nSPS) is 16.4. The van der Waals surface area contributed by atoms with Crippen LogP contribution in [0.15, 0.2) is 0 Å². The minimum atomic E-state index is -1.51. The molecule has 84 valence electrons. The van der Waals surface area contributed by atoms with Gasteiger partial charge in [-0.1, -0.05) is 19.6 Å². The molecule has 0 amide bonds. The van der Waals surface area contributed by atoms with E-state index in [1.807, 2.05) is 0 Å². The Hall–Kier alpha value is -0.393. The molecule has 0 aromatic heterocycles. The van der Waals surface area contributed by atoms with E-state index < -0.39 is 20.1 Å². The van der Waals surface area contributed by atoms with Crippen LogP contribution in [0.1, 0.15) is 12.8 Å². The smallest absolute Gasteiger partial charge is 0.320 e. The first-order valence-corrected chi connectivity index (χ1v) is 8.57. The molecule has 0 aliphatic heterocycles. The van der Waals surface area contributed by atoms with Crippen LogP contribution in [0.5, 0.6) is 0 Å². The summed E-state index contributed by atoms with van der Waals surface area (Å²) in [5, 5.41) is 8.88. The standard InChI is InChI=1S/C9H22N2O2Si/c1-14(2,3)7(5-4-6-10)8(11)9(12)13/h7-8H,4-6,10-11H2,1-3H3,(H,12,13)/t7?,8-/m0/s1. The SMILES string of the molecule is C[Si](C)(C)C(CCCN)[C@H](N)C(=O)O. The highest BCUT2D eigenvalue weighted by atomic mass is 28.3. The highest BCUT2D eigenvalue weighted by Gasteiger charge is 2.34. The van der Waals surface area contributed by atoms with Gasteiger partial charge in [-0.3, -0.25) is 4.79 Å². The van der Waals surface area contributed by atoms with Gasteiger partial charge in [-0.2, -0.15) is 0 Å². The van der Waals surface area contributed by atoms with Crippen LogP contribution >= 0.6 is 0 Å². The number of rotatable bonds is 6. The fraction of sp³-hybridized carbons (Fsp3) is 0.889. The van der Waals surface area contributed by atoms with E-state index in [9.17, 15) is 4.79 Å². The highest BCUT2D eigenvalue weighted by Crippen LogP contribution is 2.29. The van der Waals surface area contributed by atoms with Gasteiger partial charge in [0, 0.05) is 8.07 Å². The summed E-state index contributed by atoms with van der Waals surface area (Å²) in [6.45, 7) is 7.05. The predicted octanol–water partition coefficient (Wildman–Crippen LogP) is 0.846. The van der Waals surface area contributed by atoms with Gasteiger partial charge >= 0.3 is 5.97 Å². The first-order chi connectivity index (χ1) is 6.30. The van der Waals surface area contributed by atoms with Crippen molar-refractivity contribution >= 4 is 14.0 Å². The summed E-state index contributed by atoms with van der Waals surface area (Å²) in [5.74, 6) is -0.894. The zero-order valence-corrected chi connectivity index (χ0v) is 10.3.